The van der Waals surface area contributed by atoms with Crippen molar-refractivity contribution < 1.29 is 38.5 Å². The van der Waals surface area contributed by atoms with Gasteiger partial charge >= 0.3 is 5.97 Å². The first-order chi connectivity index (χ1) is 22.9. The van der Waals surface area contributed by atoms with E-state index in [0.29, 0.717) is 24.7 Å². The van der Waals surface area contributed by atoms with Gasteiger partial charge in [-0.2, -0.15) is 5.06 Å². The quantitative estimate of drug-likeness (QED) is 0.156. The van der Waals surface area contributed by atoms with Crippen LogP contribution in [0.4, 0.5) is 0 Å². The Hall–Kier alpha value is -2.34. The normalized spacial score (nSPS) is 36.6. The van der Waals surface area contributed by atoms with Gasteiger partial charge in [-0.3, -0.25) is 14.4 Å². The zero-order valence-electron chi connectivity index (χ0n) is 27.9. The molecule has 3 unspecified atom stereocenters. The van der Waals surface area contributed by atoms with Gasteiger partial charge in [-0.15, -0.1) is 0 Å². The maximum atomic E-state index is 14.2. The van der Waals surface area contributed by atoms with Crippen LogP contribution in [0.3, 0.4) is 0 Å². The number of epoxide rings is 1. The van der Waals surface area contributed by atoms with E-state index in [1.54, 1.807) is 5.06 Å². The fourth-order valence-corrected chi connectivity index (χ4v) is 8.89. The molecule has 2 saturated carbocycles. The van der Waals surface area contributed by atoms with Crippen LogP contribution in [-0.4, -0.2) is 83.7 Å². The molecule has 0 spiro atoms. The van der Waals surface area contributed by atoms with Crippen LogP contribution in [0.25, 0.3) is 6.08 Å². The van der Waals surface area contributed by atoms with Crippen LogP contribution in [0.1, 0.15) is 102 Å². The SMILES string of the molecule is CCCCCC1(CCCCC)O[C@@H]2[C@H](O1)[C@H]1ON(Cc3ccccc3C=CC3CCC4OC4C3)[C@@H]3C(=O)O[C@@H]2C[C@]13C(=O)NCCO. The van der Waals surface area contributed by atoms with Crippen molar-refractivity contribution in [2.24, 2.45) is 11.3 Å². The third-order valence-corrected chi connectivity index (χ3v) is 11.4. The summed E-state index contributed by atoms with van der Waals surface area (Å²) < 4.78 is 25.7. The van der Waals surface area contributed by atoms with Crippen molar-refractivity contribution in [2.75, 3.05) is 13.2 Å². The molecule has 4 saturated heterocycles. The zero-order valence-corrected chi connectivity index (χ0v) is 27.9. The molecule has 4 aliphatic heterocycles. The van der Waals surface area contributed by atoms with Gasteiger partial charge in [0.05, 0.1) is 25.4 Å². The number of ether oxygens (including phenoxy) is 4. The summed E-state index contributed by atoms with van der Waals surface area (Å²) in [6.45, 7) is 4.54. The minimum atomic E-state index is -1.24. The molecule has 258 valence electrons. The lowest BCUT2D eigenvalue weighted by molar-refractivity contribution is -0.224. The van der Waals surface area contributed by atoms with Crippen LogP contribution in [0.2, 0.25) is 0 Å². The standard InChI is InChI=1S/C37H52N2O8/c1-3-5-9-17-36(18-10-6-4-2)45-30-29-22-37(35(42)38-19-20-40)32(34(41)44-29)39(47-33(37)31(30)46-36)23-26-12-8-7-11-25(26)15-13-24-14-16-27-28(21-24)43-27/h7-8,11-13,15,24,27-33,40H,3-6,9-10,14,16-23H2,1-2H3,(H,38,42)/t24?,27?,28?,29-,30+,31+,32-,33-,37-/m1/s1. The van der Waals surface area contributed by atoms with Crippen molar-refractivity contribution in [3.05, 3.63) is 41.5 Å². The maximum absolute atomic E-state index is 14.2. The summed E-state index contributed by atoms with van der Waals surface area (Å²) in [5.41, 5.74) is 0.805. The van der Waals surface area contributed by atoms with Crippen molar-refractivity contribution in [2.45, 2.75) is 146 Å². The molecule has 7 rings (SSSR count). The van der Waals surface area contributed by atoms with E-state index < -0.39 is 47.6 Å². The molecule has 10 heteroatoms. The molecule has 47 heavy (non-hydrogen) atoms. The van der Waals surface area contributed by atoms with Crippen molar-refractivity contribution in [1.29, 1.82) is 0 Å². The number of hydroxylamine groups is 2. The first-order valence-corrected chi connectivity index (χ1v) is 18.2. The molecule has 6 aliphatic rings. The highest BCUT2D eigenvalue weighted by atomic mass is 16.8. The molecular formula is C37H52N2O8. The average molecular weight is 653 g/mol. The minimum Gasteiger partial charge on any atom is -0.458 e. The Morgan fingerprint density at radius 2 is 1.79 bits per heavy atom. The fraction of sp³-hybridized carbons (Fsp3) is 0.730. The van der Waals surface area contributed by atoms with Crippen LogP contribution in [-0.2, 0) is 39.9 Å². The number of carbonyl (C=O) groups excluding carboxylic acids is 2. The van der Waals surface area contributed by atoms with Gasteiger partial charge in [0.2, 0.25) is 5.91 Å². The Labute approximate surface area is 278 Å². The van der Waals surface area contributed by atoms with Crippen molar-refractivity contribution >= 4 is 18.0 Å². The van der Waals surface area contributed by atoms with Gasteiger partial charge < -0.3 is 29.4 Å². The van der Waals surface area contributed by atoms with Crippen molar-refractivity contribution in [3.8, 4) is 0 Å². The highest BCUT2D eigenvalue weighted by molar-refractivity contribution is 5.93. The highest BCUT2D eigenvalue weighted by Gasteiger charge is 2.76. The number of fused-ring (bicyclic) bond motifs is 5. The summed E-state index contributed by atoms with van der Waals surface area (Å²) in [6, 6.07) is 7.18. The number of nitrogens with zero attached hydrogens (tertiary/aromatic N) is 1. The Morgan fingerprint density at radius 3 is 2.53 bits per heavy atom. The van der Waals surface area contributed by atoms with Gasteiger partial charge in [-0.05, 0) is 49.1 Å². The average Bonchev–Trinajstić information content (AvgIpc) is 3.62. The number of carbonyl (C=O) groups is 2. The molecule has 2 aliphatic carbocycles. The predicted molar refractivity (Wildman–Crippen MR) is 173 cm³/mol. The van der Waals surface area contributed by atoms with E-state index in [2.05, 4.69) is 37.4 Å². The van der Waals surface area contributed by atoms with E-state index in [0.717, 1.165) is 81.8 Å². The predicted octanol–water partition coefficient (Wildman–Crippen LogP) is 4.82. The van der Waals surface area contributed by atoms with Gasteiger partial charge in [0.25, 0.3) is 0 Å². The van der Waals surface area contributed by atoms with Gasteiger partial charge in [0, 0.05) is 25.8 Å². The van der Waals surface area contributed by atoms with Gasteiger partial charge in [-0.1, -0.05) is 75.9 Å². The molecular weight excluding hydrogens is 600 g/mol. The molecule has 1 aromatic rings. The Kier molecular flexibility index (Phi) is 9.80. The second-order valence-electron chi connectivity index (χ2n) is 14.5. The molecule has 0 aromatic heterocycles. The summed E-state index contributed by atoms with van der Waals surface area (Å²) in [7, 11) is 0. The van der Waals surface area contributed by atoms with Gasteiger partial charge in [0.1, 0.15) is 29.8 Å². The number of benzene rings is 1. The number of unbranched alkanes of at least 4 members (excludes halogenated alkanes) is 4. The number of aliphatic hydroxyl groups excluding tert-OH is 1. The number of rotatable bonds is 15. The van der Waals surface area contributed by atoms with Crippen LogP contribution >= 0.6 is 0 Å². The number of nitrogens with one attached hydrogen (secondary N) is 1. The van der Waals surface area contributed by atoms with Crippen molar-refractivity contribution in [3.63, 3.8) is 0 Å². The third-order valence-electron chi connectivity index (χ3n) is 11.4. The summed E-state index contributed by atoms with van der Waals surface area (Å²) in [4.78, 5) is 34.9. The lowest BCUT2D eigenvalue weighted by Gasteiger charge is -2.48. The number of hydrogen-bond donors (Lipinski definition) is 2. The molecule has 4 heterocycles. The Bertz CT molecular complexity index is 1310. The van der Waals surface area contributed by atoms with E-state index in [1.807, 2.05) is 18.2 Å². The molecule has 2 bridgehead atoms. The molecule has 10 nitrogen and oxygen atoms in total. The number of aliphatic hydroxyl groups is 1. The van der Waals surface area contributed by atoms with Crippen LogP contribution in [0.5, 0.6) is 0 Å². The number of esters is 1. The molecule has 9 atom stereocenters. The summed E-state index contributed by atoms with van der Waals surface area (Å²) >= 11 is 0. The zero-order chi connectivity index (χ0) is 32.6. The first kappa shape index (κ1) is 33.2. The minimum absolute atomic E-state index is 0.0879. The summed E-state index contributed by atoms with van der Waals surface area (Å²) in [6.07, 6.45) is 14.2. The molecule has 1 aromatic carbocycles. The third kappa shape index (κ3) is 6.30. The largest absolute Gasteiger partial charge is 0.458 e. The highest BCUT2D eigenvalue weighted by Crippen LogP contribution is 2.58. The fourth-order valence-electron chi connectivity index (χ4n) is 8.89. The molecule has 6 fully saturated rings. The van der Waals surface area contributed by atoms with Crippen molar-refractivity contribution in [1.82, 2.24) is 10.4 Å². The maximum Gasteiger partial charge on any atom is 0.327 e. The summed E-state index contributed by atoms with van der Waals surface area (Å²) in [5, 5.41) is 14.1. The van der Waals surface area contributed by atoms with E-state index in [9.17, 15) is 14.7 Å². The monoisotopic (exact) mass is 652 g/mol. The van der Waals surface area contributed by atoms with Crippen LogP contribution < -0.4 is 5.32 Å². The Morgan fingerprint density at radius 1 is 1.02 bits per heavy atom. The summed E-state index contributed by atoms with van der Waals surface area (Å²) in [5.74, 6) is -1.12. The smallest absolute Gasteiger partial charge is 0.327 e. The number of amides is 1. The number of allylic oxidation sites excluding steroid dienone is 1. The van der Waals surface area contributed by atoms with E-state index in [1.165, 1.54) is 0 Å². The lowest BCUT2D eigenvalue weighted by Crippen LogP contribution is -2.69. The molecule has 0 radical (unpaired) electrons. The first-order valence-electron chi connectivity index (χ1n) is 18.2. The van der Waals surface area contributed by atoms with Gasteiger partial charge in [-0.25, -0.2) is 0 Å². The lowest BCUT2D eigenvalue weighted by atomic mass is 9.62. The second kappa shape index (κ2) is 13.9. The van der Waals surface area contributed by atoms with Crippen LogP contribution in [0.15, 0.2) is 30.3 Å². The topological polar surface area (TPSA) is 119 Å². The number of hydrogen-bond acceptors (Lipinski definition) is 9. The van der Waals surface area contributed by atoms with E-state index >= 15 is 0 Å². The second-order valence-corrected chi connectivity index (χ2v) is 14.5. The molecule has 1 amide bonds. The van der Waals surface area contributed by atoms with Crippen LogP contribution in [0, 0.1) is 11.3 Å². The van der Waals surface area contributed by atoms with E-state index in [-0.39, 0.29) is 25.5 Å². The Balaban J connectivity index is 1.18. The van der Waals surface area contributed by atoms with Gasteiger partial charge in [0.15, 0.2) is 11.8 Å². The van der Waals surface area contributed by atoms with E-state index in [4.69, 9.17) is 23.8 Å². The molecule has 2 N–H and O–H groups in total.